The molecule has 6 aromatic rings. The SMILES string of the molecule is CCCCOC(=O)c1cn(Cc2ccc3ncc(Cl)cc3c2)c(C#N)n1.N#Cc1nc(C(=O)O)cn1Cc1ccc2ncc(Cl)cc2c1. The Morgan fingerprint density at radius 1 is 0.812 bits per heavy atom. The van der Waals surface area contributed by atoms with Gasteiger partial charge in [0, 0.05) is 48.6 Å². The molecule has 0 aliphatic carbocycles. The molecule has 0 atom stereocenters. The van der Waals surface area contributed by atoms with Crippen LogP contribution in [0.1, 0.15) is 63.5 Å². The molecule has 14 heteroatoms. The van der Waals surface area contributed by atoms with Crippen molar-refractivity contribution < 1.29 is 19.4 Å². The second-order valence-electron chi connectivity index (χ2n) is 10.5. The van der Waals surface area contributed by atoms with Crippen LogP contribution in [-0.4, -0.2) is 52.7 Å². The van der Waals surface area contributed by atoms with Gasteiger partial charge in [0.25, 0.3) is 0 Å². The third-order valence-corrected chi connectivity index (χ3v) is 7.46. The molecule has 0 aliphatic heterocycles. The number of carbonyl (C=O) groups excluding carboxylic acids is 1. The van der Waals surface area contributed by atoms with Gasteiger partial charge in [0.05, 0.1) is 27.7 Å². The summed E-state index contributed by atoms with van der Waals surface area (Å²) in [5.74, 6) is -1.45. The quantitative estimate of drug-likeness (QED) is 0.128. The molecule has 1 N–H and O–H groups in total. The maximum atomic E-state index is 12.0. The normalized spacial score (nSPS) is 10.6. The van der Waals surface area contributed by atoms with Gasteiger partial charge in [-0.2, -0.15) is 10.5 Å². The number of imidazole rings is 2. The van der Waals surface area contributed by atoms with Gasteiger partial charge >= 0.3 is 11.9 Å². The highest BCUT2D eigenvalue weighted by Crippen LogP contribution is 2.21. The van der Waals surface area contributed by atoms with E-state index in [9.17, 15) is 14.9 Å². The number of carboxylic acids is 1. The number of ether oxygens (including phenoxy) is 1. The molecule has 4 aromatic heterocycles. The van der Waals surface area contributed by atoms with Crippen molar-refractivity contribution in [1.82, 2.24) is 29.1 Å². The summed E-state index contributed by atoms with van der Waals surface area (Å²) in [6.45, 7) is 3.11. The topological polar surface area (TPSA) is 173 Å². The monoisotopic (exact) mass is 680 g/mol. The number of pyridine rings is 2. The number of carboxylic acid groups (broad SMARTS) is 1. The lowest BCUT2D eigenvalue weighted by atomic mass is 10.1. The van der Waals surface area contributed by atoms with E-state index in [1.54, 1.807) is 29.2 Å². The maximum Gasteiger partial charge on any atom is 0.358 e. The Kier molecular flexibility index (Phi) is 10.6. The van der Waals surface area contributed by atoms with E-state index < -0.39 is 11.9 Å². The largest absolute Gasteiger partial charge is 0.476 e. The molecule has 0 fully saturated rings. The maximum absolute atomic E-state index is 12.0. The fourth-order valence-corrected chi connectivity index (χ4v) is 5.07. The third-order valence-electron chi connectivity index (χ3n) is 7.04. The predicted molar refractivity (Wildman–Crippen MR) is 178 cm³/mol. The van der Waals surface area contributed by atoms with Gasteiger partial charge in [-0.3, -0.25) is 9.97 Å². The lowest BCUT2D eigenvalue weighted by molar-refractivity contribution is 0.0492. The first-order valence-corrected chi connectivity index (χ1v) is 15.4. The zero-order valence-electron chi connectivity index (χ0n) is 25.5. The Bertz CT molecular complexity index is 2230. The number of nitrogens with zero attached hydrogens (tertiary/aromatic N) is 8. The summed E-state index contributed by atoms with van der Waals surface area (Å²) in [6.07, 6.45) is 7.81. The van der Waals surface area contributed by atoms with Gasteiger partial charge in [-0.1, -0.05) is 48.7 Å². The molecule has 0 radical (unpaired) electrons. The second kappa shape index (κ2) is 15.2. The van der Waals surface area contributed by atoms with Crippen LogP contribution in [0.25, 0.3) is 21.8 Å². The number of benzene rings is 2. The molecule has 48 heavy (non-hydrogen) atoms. The van der Waals surface area contributed by atoms with Crippen LogP contribution in [-0.2, 0) is 17.8 Å². The second-order valence-corrected chi connectivity index (χ2v) is 11.4. The highest BCUT2D eigenvalue weighted by Gasteiger charge is 2.16. The predicted octanol–water partition coefficient (Wildman–Crippen LogP) is 6.66. The van der Waals surface area contributed by atoms with Crippen molar-refractivity contribution >= 4 is 56.9 Å². The van der Waals surface area contributed by atoms with Crippen molar-refractivity contribution in [3.63, 3.8) is 0 Å². The average Bonchev–Trinajstić information content (AvgIpc) is 3.68. The summed E-state index contributed by atoms with van der Waals surface area (Å²) >= 11 is 11.9. The van der Waals surface area contributed by atoms with E-state index in [0.29, 0.717) is 29.7 Å². The number of halogens is 2. The van der Waals surface area contributed by atoms with Gasteiger partial charge in [0.1, 0.15) is 12.1 Å². The van der Waals surface area contributed by atoms with Crippen molar-refractivity contribution in [2.75, 3.05) is 6.61 Å². The van der Waals surface area contributed by atoms with Crippen molar-refractivity contribution in [3.8, 4) is 12.1 Å². The first-order valence-electron chi connectivity index (χ1n) is 14.6. The van der Waals surface area contributed by atoms with Gasteiger partial charge in [-0.25, -0.2) is 19.6 Å². The zero-order valence-corrected chi connectivity index (χ0v) is 27.0. The van der Waals surface area contributed by atoms with Crippen LogP contribution in [0.3, 0.4) is 0 Å². The van der Waals surface area contributed by atoms with E-state index in [4.69, 9.17) is 38.3 Å². The van der Waals surface area contributed by atoms with Gasteiger partial charge in [-0.05, 0) is 53.9 Å². The van der Waals surface area contributed by atoms with E-state index in [1.165, 1.54) is 10.8 Å². The van der Waals surface area contributed by atoms with Crippen LogP contribution in [0.15, 0.2) is 73.3 Å². The number of hydrogen-bond donors (Lipinski definition) is 1. The summed E-state index contributed by atoms with van der Waals surface area (Å²) in [5, 5.41) is 30.2. The van der Waals surface area contributed by atoms with Crippen LogP contribution in [0.5, 0.6) is 0 Å². The molecule has 0 saturated carbocycles. The molecule has 0 amide bonds. The van der Waals surface area contributed by atoms with Crippen molar-refractivity contribution in [2.45, 2.75) is 32.9 Å². The summed E-state index contributed by atoms with van der Waals surface area (Å²) in [4.78, 5) is 39.3. The zero-order chi connectivity index (χ0) is 34.2. The highest BCUT2D eigenvalue weighted by atomic mass is 35.5. The lowest BCUT2D eigenvalue weighted by Gasteiger charge is -2.06. The number of esters is 1. The Labute approximate surface area is 284 Å². The molecule has 0 saturated heterocycles. The van der Waals surface area contributed by atoms with E-state index in [1.807, 2.05) is 61.5 Å². The van der Waals surface area contributed by atoms with Gasteiger partial charge < -0.3 is 19.0 Å². The minimum absolute atomic E-state index is 0.0571. The van der Waals surface area contributed by atoms with Crippen molar-refractivity contribution in [3.05, 3.63) is 118 Å². The van der Waals surface area contributed by atoms with Gasteiger partial charge in [0.15, 0.2) is 11.4 Å². The Morgan fingerprint density at radius 2 is 1.31 bits per heavy atom. The van der Waals surface area contributed by atoms with Crippen molar-refractivity contribution in [1.29, 1.82) is 10.5 Å². The van der Waals surface area contributed by atoms with E-state index in [-0.39, 0.29) is 23.0 Å². The first kappa shape index (κ1) is 33.5. The number of nitriles is 2. The fraction of sp³-hybridized carbons (Fsp3) is 0.176. The smallest absolute Gasteiger partial charge is 0.358 e. The molecular formula is C34H26Cl2N8O4. The Hall–Kier alpha value is -5.82. The number of aromatic nitrogens is 6. The molecule has 0 spiro atoms. The molecule has 12 nitrogen and oxygen atoms in total. The first-order chi connectivity index (χ1) is 23.2. The summed E-state index contributed by atoms with van der Waals surface area (Å²) in [5.41, 5.74) is 3.48. The number of aromatic carboxylic acids is 1. The number of fused-ring (bicyclic) bond motifs is 2. The van der Waals surface area contributed by atoms with E-state index in [0.717, 1.165) is 45.8 Å². The third kappa shape index (κ3) is 8.12. The minimum Gasteiger partial charge on any atom is -0.476 e. The van der Waals surface area contributed by atoms with Crippen molar-refractivity contribution in [2.24, 2.45) is 0 Å². The molecule has 0 aliphatic rings. The molecule has 240 valence electrons. The van der Waals surface area contributed by atoms with Crippen LogP contribution >= 0.6 is 23.2 Å². The van der Waals surface area contributed by atoms with Crippen LogP contribution in [0.2, 0.25) is 10.0 Å². The highest BCUT2D eigenvalue weighted by molar-refractivity contribution is 6.31. The lowest BCUT2D eigenvalue weighted by Crippen LogP contribution is -2.06. The summed E-state index contributed by atoms with van der Waals surface area (Å²) in [6, 6.07) is 18.9. The number of unbranched alkanes of at least 4 members (excludes halogenated alkanes) is 1. The number of carbonyl (C=O) groups is 2. The molecular weight excluding hydrogens is 655 g/mol. The van der Waals surface area contributed by atoms with E-state index >= 15 is 0 Å². The molecule has 2 aromatic carbocycles. The Morgan fingerprint density at radius 3 is 1.79 bits per heavy atom. The molecule has 0 bridgehead atoms. The van der Waals surface area contributed by atoms with Gasteiger partial charge in [0.2, 0.25) is 11.6 Å². The van der Waals surface area contributed by atoms with Crippen LogP contribution < -0.4 is 0 Å². The number of rotatable bonds is 9. The summed E-state index contributed by atoms with van der Waals surface area (Å²) < 4.78 is 8.29. The summed E-state index contributed by atoms with van der Waals surface area (Å²) in [7, 11) is 0. The van der Waals surface area contributed by atoms with Gasteiger partial charge in [-0.15, -0.1) is 0 Å². The average molecular weight is 682 g/mol. The minimum atomic E-state index is -1.16. The van der Waals surface area contributed by atoms with Crippen LogP contribution in [0, 0.1) is 22.7 Å². The Balaban J connectivity index is 0.000000190. The van der Waals surface area contributed by atoms with Crippen LogP contribution in [0.4, 0.5) is 0 Å². The van der Waals surface area contributed by atoms with E-state index in [2.05, 4.69) is 19.9 Å². The molecule has 4 heterocycles. The molecule has 6 rings (SSSR count). The molecule has 0 unspecified atom stereocenters. The number of hydrogen-bond acceptors (Lipinski definition) is 9. The standard InChI is InChI=1S/C19H17ClN4O2.C15H9ClN4O2/c1-2-3-6-26-19(25)17-12-24(18(9-21)23-17)11-13-4-5-16-14(7-13)8-15(20)10-22-16;16-11-4-10-3-9(1-2-12(10)18-6-11)7-20-8-13(15(21)22)19-14(20)5-17/h4-5,7-8,10,12H,2-3,6,11H2,1H3;1-4,6,8H,7H2,(H,21,22). The fourth-order valence-electron chi connectivity index (χ4n) is 4.73.